The van der Waals surface area contributed by atoms with Gasteiger partial charge in [0.2, 0.25) is 10.0 Å². The summed E-state index contributed by atoms with van der Waals surface area (Å²) >= 11 is 0. The Kier molecular flexibility index (Phi) is 21.1. The van der Waals surface area contributed by atoms with Gasteiger partial charge in [-0.2, -0.15) is 50.5 Å². The molecule has 0 aliphatic carbocycles. The summed E-state index contributed by atoms with van der Waals surface area (Å²) in [5, 5.41) is 3.09. The van der Waals surface area contributed by atoms with Crippen LogP contribution in [0, 0.1) is 0 Å². The Labute approximate surface area is 239 Å². The fraction of sp³-hybridized carbons (Fsp3) is 0.333. The van der Waals surface area contributed by atoms with Crippen molar-refractivity contribution in [3.63, 3.8) is 0 Å². The molecule has 1 aromatic carbocycles. The van der Waals surface area contributed by atoms with Crippen LogP contribution >= 0.6 is 0 Å². The molecule has 0 saturated carbocycles. The molecule has 0 amide bonds. The highest BCUT2D eigenvalue weighted by Crippen LogP contribution is 2.03. The van der Waals surface area contributed by atoms with Crippen LogP contribution in [-0.2, 0) is 83.3 Å². The third kappa shape index (κ3) is 51.0. The number of anilines is 1. The second kappa shape index (κ2) is 18.8. The van der Waals surface area contributed by atoms with Gasteiger partial charge in [-0.05, 0) is 12.1 Å². The zero-order chi connectivity index (χ0) is 33.6. The molecule has 1 aromatic rings. The highest BCUT2D eigenvalue weighted by Gasteiger charge is 2.17. The first-order valence-electron chi connectivity index (χ1n) is 8.41. The molecule has 0 bridgehead atoms. The summed E-state index contributed by atoms with van der Waals surface area (Å²) in [5.74, 6) is 0. The molecule has 42 heavy (non-hydrogen) atoms. The summed E-state index contributed by atoms with van der Waals surface area (Å²) in [5.41, 5.74) is 0.989. The molecular formula is C9H22N2O24S7. The number of rotatable bonds is 11. The van der Waals surface area contributed by atoms with Crippen molar-refractivity contribution in [3.8, 4) is 0 Å². The van der Waals surface area contributed by atoms with Gasteiger partial charge in [0, 0.05) is 18.8 Å². The highest BCUT2D eigenvalue weighted by atomic mass is 32.3. The fourth-order valence-corrected chi connectivity index (χ4v) is 4.41. The Morgan fingerprint density at radius 1 is 0.524 bits per heavy atom. The van der Waals surface area contributed by atoms with Crippen molar-refractivity contribution in [1.82, 2.24) is 4.72 Å². The molecule has 0 aliphatic heterocycles. The first-order valence-corrected chi connectivity index (χ1v) is 18.5. The largest absolute Gasteiger partial charge is 0.413 e. The average Bonchev–Trinajstić information content (AvgIpc) is 2.58. The van der Waals surface area contributed by atoms with Crippen LogP contribution in [-0.4, -0.2) is 111 Å². The van der Waals surface area contributed by atoms with Crippen LogP contribution < -0.4 is 10.0 Å². The third-order valence-electron chi connectivity index (χ3n) is 2.11. The van der Waals surface area contributed by atoms with Gasteiger partial charge in [0.05, 0.1) is 6.26 Å². The van der Waals surface area contributed by atoms with Crippen molar-refractivity contribution in [1.29, 1.82) is 0 Å². The van der Waals surface area contributed by atoms with Crippen LogP contribution in [0.3, 0.4) is 0 Å². The number of sulfonamides is 1. The standard InChI is InChI=1S/C9H14N2O2S.3H2O7S2.H2O/c1-14(12,13)11-8-7-10-9-5-3-2-4-6-9;3*1-8(2,3)7-9(4,5)6;/h2-6,10-11H,7-8H2,1H3;3*(H,1,2,3)(H,4,5,6);1H2. The maximum Gasteiger partial charge on any atom is 0.413 e. The summed E-state index contributed by atoms with van der Waals surface area (Å²) in [4.78, 5) is 0. The molecule has 33 heteroatoms. The molecule has 254 valence electrons. The van der Waals surface area contributed by atoms with E-state index in [0.717, 1.165) is 11.9 Å². The van der Waals surface area contributed by atoms with Gasteiger partial charge in [0.25, 0.3) is 0 Å². The summed E-state index contributed by atoms with van der Waals surface area (Å²) in [6.45, 7) is 0.977. The molecule has 10 N–H and O–H groups in total. The lowest BCUT2D eigenvalue weighted by Gasteiger charge is -2.05. The van der Waals surface area contributed by atoms with E-state index in [1.807, 2.05) is 30.3 Å². The summed E-state index contributed by atoms with van der Waals surface area (Å²) in [7, 11) is -33.8. The monoisotopic (exact) mass is 766 g/mol. The lowest BCUT2D eigenvalue weighted by Crippen LogP contribution is -2.27. The summed E-state index contributed by atoms with van der Waals surface area (Å²) in [6.07, 6.45) is 1.15. The van der Waals surface area contributed by atoms with E-state index in [1.54, 1.807) is 0 Å². The van der Waals surface area contributed by atoms with Crippen LogP contribution in [0.15, 0.2) is 30.3 Å². The van der Waals surface area contributed by atoms with Crippen molar-refractivity contribution >= 4 is 78.1 Å². The molecular weight excluding hydrogens is 745 g/mol. The van der Waals surface area contributed by atoms with Crippen molar-refractivity contribution in [2.24, 2.45) is 0 Å². The maximum absolute atomic E-state index is 10.7. The lowest BCUT2D eigenvalue weighted by atomic mass is 10.3. The van der Waals surface area contributed by atoms with Gasteiger partial charge in [0.15, 0.2) is 0 Å². The van der Waals surface area contributed by atoms with Crippen molar-refractivity contribution in [3.05, 3.63) is 30.3 Å². The Morgan fingerprint density at radius 2 is 0.786 bits per heavy atom. The number of hydrogen-bond acceptors (Lipinski definition) is 18. The average molecular weight is 767 g/mol. The molecule has 0 aromatic heterocycles. The van der Waals surface area contributed by atoms with E-state index in [9.17, 15) is 58.9 Å². The first-order chi connectivity index (χ1) is 17.7. The van der Waals surface area contributed by atoms with Crippen LogP contribution in [0.25, 0.3) is 0 Å². The zero-order valence-electron chi connectivity index (χ0n) is 19.8. The third-order valence-corrected chi connectivity index (χ3v) is 6.96. The first kappa shape index (κ1) is 47.2. The number of benzene rings is 1. The quantitative estimate of drug-likeness (QED) is 0.0779. The van der Waals surface area contributed by atoms with Crippen LogP contribution in [0.5, 0.6) is 0 Å². The van der Waals surface area contributed by atoms with Gasteiger partial charge in [-0.3, -0.25) is 27.3 Å². The molecule has 1 rings (SSSR count). The second-order valence-corrected chi connectivity index (χ2v) is 14.3. The number of para-hydroxylation sites is 1. The predicted octanol–water partition coefficient (Wildman–Crippen LogP) is -4.35. The van der Waals surface area contributed by atoms with E-state index in [1.165, 1.54) is 0 Å². The molecule has 0 spiro atoms. The molecule has 0 unspecified atom stereocenters. The van der Waals surface area contributed by atoms with Crippen LogP contribution in [0.4, 0.5) is 5.69 Å². The molecule has 0 radical (unpaired) electrons. The molecule has 0 saturated heterocycles. The predicted molar refractivity (Wildman–Crippen MR) is 134 cm³/mol. The van der Waals surface area contributed by atoms with E-state index in [2.05, 4.69) is 20.9 Å². The molecule has 0 atom stereocenters. The molecule has 0 fully saturated rings. The van der Waals surface area contributed by atoms with Crippen molar-refractivity contribution < 1.29 is 103 Å². The zero-order valence-corrected chi connectivity index (χ0v) is 25.5. The van der Waals surface area contributed by atoms with E-state index in [0.29, 0.717) is 13.1 Å². The minimum Gasteiger partial charge on any atom is -0.412 e. The summed E-state index contributed by atoms with van der Waals surface area (Å²) in [6, 6.07) is 9.64. The van der Waals surface area contributed by atoms with Gasteiger partial charge < -0.3 is 10.8 Å². The smallest absolute Gasteiger partial charge is 0.412 e. The fourth-order valence-electron chi connectivity index (χ4n) is 1.33. The second-order valence-electron chi connectivity index (χ2n) is 5.73. The van der Waals surface area contributed by atoms with Gasteiger partial charge in [0.1, 0.15) is 0 Å². The maximum atomic E-state index is 10.7. The Morgan fingerprint density at radius 3 is 0.976 bits per heavy atom. The van der Waals surface area contributed by atoms with Crippen LogP contribution in [0.2, 0.25) is 0 Å². The Balaban J connectivity index is -0.000000233. The van der Waals surface area contributed by atoms with Gasteiger partial charge in [-0.25, -0.2) is 13.1 Å². The van der Waals surface area contributed by atoms with Crippen molar-refractivity contribution in [2.45, 2.75) is 0 Å². The van der Waals surface area contributed by atoms with Crippen LogP contribution in [0.1, 0.15) is 0 Å². The SMILES string of the molecule is CS(=O)(=O)NCCNc1ccccc1.O.O=S(=O)(O)OS(=O)(=O)O.O=S(=O)(O)OS(=O)(=O)O.O=S(=O)(O)OS(=O)(=O)O. The highest BCUT2D eigenvalue weighted by molar-refractivity contribution is 7.95. The van der Waals surface area contributed by atoms with Gasteiger partial charge in [-0.15, -0.1) is 10.9 Å². The molecule has 0 heterocycles. The molecule has 0 aliphatic rings. The lowest BCUT2D eigenvalue weighted by molar-refractivity contribution is 0.339. The van der Waals surface area contributed by atoms with E-state index in [4.69, 9.17) is 27.3 Å². The van der Waals surface area contributed by atoms with Gasteiger partial charge in [-0.1, -0.05) is 18.2 Å². The number of nitrogens with one attached hydrogen (secondary N) is 2. The van der Waals surface area contributed by atoms with E-state index >= 15 is 0 Å². The number of hydrogen-bond donors (Lipinski definition) is 8. The van der Waals surface area contributed by atoms with Crippen molar-refractivity contribution in [2.75, 3.05) is 24.7 Å². The van der Waals surface area contributed by atoms with E-state index in [-0.39, 0.29) is 5.48 Å². The topological polar surface area (TPSA) is 444 Å². The normalized spacial score (nSPS) is 12.5. The summed E-state index contributed by atoms with van der Waals surface area (Å²) < 4.78 is 191. The van der Waals surface area contributed by atoms with Gasteiger partial charge >= 0.3 is 62.4 Å². The minimum atomic E-state index is -5.12. The molecule has 26 nitrogen and oxygen atoms in total. The van der Waals surface area contributed by atoms with E-state index < -0.39 is 72.4 Å². The Hall–Kier alpha value is -1.77. The minimum absolute atomic E-state index is 0. The Bertz CT molecular complexity index is 1460.